The number of likely N-dealkylation sites (N-methyl/N-ethyl adjacent to an activating group) is 1. The average Bonchev–Trinajstić information content (AvgIpc) is 2.36. The molecule has 92 valence electrons. The second-order valence-electron chi connectivity index (χ2n) is 3.85. The smallest absolute Gasteiger partial charge is 0.326 e. The van der Waals surface area contributed by atoms with E-state index in [4.69, 9.17) is 10.8 Å². The zero-order valence-electron chi connectivity index (χ0n) is 9.83. The van der Waals surface area contributed by atoms with E-state index in [-0.39, 0.29) is 0 Å². The van der Waals surface area contributed by atoms with Gasteiger partial charge in [-0.3, -0.25) is 4.79 Å². The number of amides is 1. The number of benzene rings is 1. The largest absolute Gasteiger partial charge is 0.480 e. The summed E-state index contributed by atoms with van der Waals surface area (Å²) in [5, 5.41) is 8.82. The van der Waals surface area contributed by atoms with Gasteiger partial charge in [-0.2, -0.15) is 0 Å². The van der Waals surface area contributed by atoms with E-state index in [9.17, 15) is 9.59 Å². The molecule has 0 radical (unpaired) electrons. The SMILES string of the molecule is CC(C(=O)O)N(C)C(=O)[C@H](N)c1ccccc1. The highest BCUT2D eigenvalue weighted by Gasteiger charge is 2.26. The molecule has 17 heavy (non-hydrogen) atoms. The molecule has 1 amide bonds. The van der Waals surface area contributed by atoms with Crippen LogP contribution in [0.2, 0.25) is 0 Å². The van der Waals surface area contributed by atoms with Crippen molar-refractivity contribution in [2.24, 2.45) is 5.73 Å². The number of carboxylic acid groups (broad SMARTS) is 1. The van der Waals surface area contributed by atoms with Gasteiger partial charge in [-0.1, -0.05) is 30.3 Å². The third kappa shape index (κ3) is 3.04. The molecule has 0 saturated heterocycles. The Morgan fingerprint density at radius 2 is 1.82 bits per heavy atom. The van der Waals surface area contributed by atoms with Crippen LogP contribution in [-0.2, 0) is 9.59 Å². The molecule has 5 nitrogen and oxygen atoms in total. The minimum atomic E-state index is -1.05. The van der Waals surface area contributed by atoms with Crippen LogP contribution in [0.4, 0.5) is 0 Å². The molecule has 0 heterocycles. The van der Waals surface area contributed by atoms with Crippen molar-refractivity contribution in [3.63, 3.8) is 0 Å². The number of rotatable bonds is 4. The summed E-state index contributed by atoms with van der Waals surface area (Å²) in [6.45, 7) is 1.44. The second-order valence-corrected chi connectivity index (χ2v) is 3.85. The number of carbonyl (C=O) groups excluding carboxylic acids is 1. The fraction of sp³-hybridized carbons (Fsp3) is 0.333. The average molecular weight is 236 g/mol. The molecule has 1 unspecified atom stereocenters. The lowest BCUT2D eigenvalue weighted by molar-refractivity contribution is -0.148. The minimum Gasteiger partial charge on any atom is -0.480 e. The van der Waals surface area contributed by atoms with Crippen LogP contribution >= 0.6 is 0 Å². The molecule has 0 bridgehead atoms. The first-order valence-electron chi connectivity index (χ1n) is 5.25. The highest BCUT2D eigenvalue weighted by Crippen LogP contribution is 2.13. The lowest BCUT2D eigenvalue weighted by Gasteiger charge is -2.24. The van der Waals surface area contributed by atoms with E-state index in [1.54, 1.807) is 24.3 Å². The molecule has 0 aliphatic heterocycles. The number of hydrogen-bond acceptors (Lipinski definition) is 3. The number of aliphatic carboxylic acids is 1. The molecule has 1 aromatic carbocycles. The lowest BCUT2D eigenvalue weighted by Crippen LogP contribution is -2.44. The monoisotopic (exact) mass is 236 g/mol. The van der Waals surface area contributed by atoms with Gasteiger partial charge in [-0.05, 0) is 12.5 Å². The summed E-state index contributed by atoms with van der Waals surface area (Å²) in [5.41, 5.74) is 6.46. The van der Waals surface area contributed by atoms with Crippen molar-refractivity contribution >= 4 is 11.9 Å². The van der Waals surface area contributed by atoms with Crippen LogP contribution in [0.1, 0.15) is 18.5 Å². The molecule has 2 atom stereocenters. The predicted octanol–water partition coefficient (Wildman–Crippen LogP) is 0.618. The van der Waals surface area contributed by atoms with E-state index in [2.05, 4.69) is 0 Å². The fourth-order valence-electron chi connectivity index (χ4n) is 1.38. The Kier molecular flexibility index (Phi) is 4.23. The molecule has 3 N–H and O–H groups in total. The van der Waals surface area contributed by atoms with Crippen LogP contribution in [0.5, 0.6) is 0 Å². The summed E-state index contributed by atoms with van der Waals surface area (Å²) < 4.78 is 0. The maximum atomic E-state index is 11.9. The Labute approximate surface area is 99.8 Å². The van der Waals surface area contributed by atoms with Crippen LogP contribution in [-0.4, -0.2) is 35.0 Å². The summed E-state index contributed by atoms with van der Waals surface area (Å²) >= 11 is 0. The van der Waals surface area contributed by atoms with E-state index in [0.29, 0.717) is 5.56 Å². The van der Waals surface area contributed by atoms with Gasteiger partial charge in [0.1, 0.15) is 12.1 Å². The summed E-state index contributed by atoms with van der Waals surface area (Å²) in [7, 11) is 1.43. The van der Waals surface area contributed by atoms with Crippen molar-refractivity contribution in [2.75, 3.05) is 7.05 Å². The van der Waals surface area contributed by atoms with Crippen molar-refractivity contribution in [1.29, 1.82) is 0 Å². The van der Waals surface area contributed by atoms with Gasteiger partial charge in [0.15, 0.2) is 0 Å². The number of hydrogen-bond donors (Lipinski definition) is 2. The van der Waals surface area contributed by atoms with Crippen LogP contribution in [0.15, 0.2) is 30.3 Å². The van der Waals surface area contributed by atoms with Crippen molar-refractivity contribution in [1.82, 2.24) is 4.90 Å². The van der Waals surface area contributed by atoms with Gasteiger partial charge in [0.05, 0.1) is 0 Å². The Bertz CT molecular complexity index is 405. The molecule has 1 rings (SSSR count). The number of nitrogens with two attached hydrogens (primary N) is 1. The predicted molar refractivity (Wildman–Crippen MR) is 63.2 cm³/mol. The first kappa shape index (κ1) is 13.2. The van der Waals surface area contributed by atoms with Crippen LogP contribution in [0.3, 0.4) is 0 Å². The first-order valence-corrected chi connectivity index (χ1v) is 5.25. The highest BCUT2D eigenvalue weighted by molar-refractivity contribution is 5.87. The first-order chi connectivity index (χ1) is 7.95. The Morgan fingerprint density at radius 1 is 1.29 bits per heavy atom. The van der Waals surface area contributed by atoms with Crippen molar-refractivity contribution < 1.29 is 14.7 Å². The van der Waals surface area contributed by atoms with Gasteiger partial charge in [-0.15, -0.1) is 0 Å². The fourth-order valence-corrected chi connectivity index (χ4v) is 1.38. The van der Waals surface area contributed by atoms with Crippen molar-refractivity contribution in [2.45, 2.75) is 19.0 Å². The Balaban J connectivity index is 2.80. The Morgan fingerprint density at radius 3 is 2.29 bits per heavy atom. The quantitative estimate of drug-likeness (QED) is 0.802. The van der Waals surface area contributed by atoms with E-state index in [0.717, 1.165) is 4.90 Å². The maximum absolute atomic E-state index is 11.9. The molecule has 0 aliphatic rings. The van der Waals surface area contributed by atoms with E-state index >= 15 is 0 Å². The van der Waals surface area contributed by atoms with Gasteiger partial charge >= 0.3 is 5.97 Å². The van der Waals surface area contributed by atoms with Gasteiger partial charge in [0.2, 0.25) is 5.91 Å². The van der Waals surface area contributed by atoms with Crippen molar-refractivity contribution in [3.8, 4) is 0 Å². The zero-order chi connectivity index (χ0) is 13.0. The number of carboxylic acids is 1. The lowest BCUT2D eigenvalue weighted by atomic mass is 10.1. The molecule has 0 saturated carbocycles. The third-order valence-electron chi connectivity index (χ3n) is 2.71. The number of carbonyl (C=O) groups is 2. The van der Waals surface area contributed by atoms with E-state index in [1.165, 1.54) is 14.0 Å². The summed E-state index contributed by atoms with van der Waals surface area (Å²) in [4.78, 5) is 23.8. The molecule has 0 spiro atoms. The van der Waals surface area contributed by atoms with E-state index < -0.39 is 24.0 Å². The second kappa shape index (κ2) is 5.45. The standard InChI is InChI=1S/C12H16N2O3/c1-8(12(16)17)14(2)11(15)10(13)9-6-4-3-5-7-9/h3-8,10H,13H2,1-2H3,(H,16,17)/t8?,10-/m1/s1. The summed E-state index contributed by atoms with van der Waals surface area (Å²) in [6.07, 6.45) is 0. The van der Waals surface area contributed by atoms with Crippen LogP contribution < -0.4 is 5.73 Å². The molecular weight excluding hydrogens is 220 g/mol. The van der Waals surface area contributed by atoms with Gasteiger partial charge < -0.3 is 15.7 Å². The molecule has 0 fully saturated rings. The van der Waals surface area contributed by atoms with E-state index in [1.807, 2.05) is 6.07 Å². The van der Waals surface area contributed by atoms with Crippen LogP contribution in [0, 0.1) is 0 Å². The molecule has 0 aliphatic carbocycles. The molecule has 5 heteroatoms. The normalized spacial score (nSPS) is 13.8. The van der Waals surface area contributed by atoms with Gasteiger partial charge in [0, 0.05) is 7.05 Å². The highest BCUT2D eigenvalue weighted by atomic mass is 16.4. The maximum Gasteiger partial charge on any atom is 0.326 e. The molecular formula is C12H16N2O3. The molecule has 0 aromatic heterocycles. The van der Waals surface area contributed by atoms with Gasteiger partial charge in [0.25, 0.3) is 0 Å². The zero-order valence-corrected chi connectivity index (χ0v) is 9.83. The third-order valence-corrected chi connectivity index (χ3v) is 2.71. The number of nitrogens with zero attached hydrogens (tertiary/aromatic N) is 1. The minimum absolute atomic E-state index is 0.411. The van der Waals surface area contributed by atoms with Crippen molar-refractivity contribution in [3.05, 3.63) is 35.9 Å². The summed E-state index contributed by atoms with van der Waals surface area (Å²) in [6, 6.07) is 7.14. The van der Waals surface area contributed by atoms with Gasteiger partial charge in [-0.25, -0.2) is 4.79 Å². The topological polar surface area (TPSA) is 83.6 Å². The Hall–Kier alpha value is -1.88. The summed E-state index contributed by atoms with van der Waals surface area (Å²) in [5.74, 6) is -1.47. The molecule has 1 aromatic rings. The van der Waals surface area contributed by atoms with Crippen LogP contribution in [0.25, 0.3) is 0 Å².